The summed E-state index contributed by atoms with van der Waals surface area (Å²) in [6.45, 7) is 0.879. The topological polar surface area (TPSA) is 46.3 Å². The normalized spacial score (nSPS) is 17.8. The molecule has 2 heterocycles. The molecule has 2 aromatic rings. The van der Waals surface area contributed by atoms with Gasteiger partial charge in [0.1, 0.15) is 5.76 Å². The molecule has 0 N–H and O–H groups in total. The summed E-state index contributed by atoms with van der Waals surface area (Å²) >= 11 is 0. The Kier molecular flexibility index (Phi) is 4.93. The molecule has 1 aliphatic heterocycles. The van der Waals surface area contributed by atoms with E-state index in [0.29, 0.717) is 25.4 Å². The van der Waals surface area contributed by atoms with Gasteiger partial charge >= 0.3 is 0 Å². The van der Waals surface area contributed by atoms with Crippen LogP contribution in [0.15, 0.2) is 16.7 Å². The lowest BCUT2D eigenvalue weighted by molar-refractivity contribution is -0.131. The van der Waals surface area contributed by atoms with E-state index in [0.717, 1.165) is 42.0 Å². The van der Waals surface area contributed by atoms with Crippen LogP contribution in [0.4, 0.5) is 13.2 Å². The molecule has 0 radical (unpaired) electrons. The number of hydrogen-bond donors (Lipinski definition) is 0. The van der Waals surface area contributed by atoms with Crippen molar-refractivity contribution in [2.45, 2.75) is 57.4 Å². The number of amides is 1. The summed E-state index contributed by atoms with van der Waals surface area (Å²) in [5, 5.41) is 4.19. The standard InChI is InChI=1S/C20H21F3N2O2/c21-15-8-12(9-16(22)19(15)23)10-18(26)25-7-6-17-14(11-25)20(27-24-17)13-4-2-1-3-5-13/h8-9,13H,1-7,10-11H2. The zero-order valence-corrected chi connectivity index (χ0v) is 14.9. The summed E-state index contributed by atoms with van der Waals surface area (Å²) in [7, 11) is 0. The smallest absolute Gasteiger partial charge is 0.227 e. The fraction of sp³-hybridized carbons (Fsp3) is 0.500. The summed E-state index contributed by atoms with van der Waals surface area (Å²) in [6, 6.07) is 1.75. The second kappa shape index (κ2) is 7.37. The Morgan fingerprint density at radius 2 is 1.85 bits per heavy atom. The molecule has 0 bridgehead atoms. The highest BCUT2D eigenvalue weighted by atomic mass is 19.2. The predicted molar refractivity (Wildman–Crippen MR) is 91.5 cm³/mol. The van der Waals surface area contributed by atoms with E-state index in [9.17, 15) is 18.0 Å². The van der Waals surface area contributed by atoms with E-state index in [1.54, 1.807) is 4.90 Å². The van der Waals surface area contributed by atoms with Crippen LogP contribution in [0.3, 0.4) is 0 Å². The van der Waals surface area contributed by atoms with Crippen LogP contribution in [0.25, 0.3) is 0 Å². The molecular weight excluding hydrogens is 357 g/mol. The molecule has 0 spiro atoms. The molecule has 0 saturated heterocycles. The van der Waals surface area contributed by atoms with Crippen LogP contribution in [0.2, 0.25) is 0 Å². The van der Waals surface area contributed by atoms with Gasteiger partial charge in [-0.15, -0.1) is 0 Å². The van der Waals surface area contributed by atoms with Gasteiger partial charge in [-0.2, -0.15) is 0 Å². The van der Waals surface area contributed by atoms with E-state index in [2.05, 4.69) is 5.16 Å². The molecule has 144 valence electrons. The number of nitrogens with zero attached hydrogens (tertiary/aromatic N) is 2. The van der Waals surface area contributed by atoms with Gasteiger partial charge in [0.2, 0.25) is 5.91 Å². The minimum atomic E-state index is -1.52. The molecule has 4 nitrogen and oxygen atoms in total. The molecule has 1 saturated carbocycles. The first-order valence-electron chi connectivity index (χ1n) is 9.41. The Morgan fingerprint density at radius 1 is 1.15 bits per heavy atom. The van der Waals surface area contributed by atoms with Gasteiger partial charge in [-0.1, -0.05) is 24.4 Å². The van der Waals surface area contributed by atoms with Crippen molar-refractivity contribution in [2.75, 3.05) is 6.54 Å². The van der Waals surface area contributed by atoms with Crippen molar-refractivity contribution < 1.29 is 22.5 Å². The lowest BCUT2D eigenvalue weighted by atomic mass is 9.85. The van der Waals surface area contributed by atoms with Gasteiger partial charge in [-0.05, 0) is 30.5 Å². The molecule has 1 fully saturated rings. The van der Waals surface area contributed by atoms with Crippen LogP contribution in [0.5, 0.6) is 0 Å². The van der Waals surface area contributed by atoms with Crippen LogP contribution in [0, 0.1) is 17.5 Å². The fourth-order valence-corrected chi connectivity index (χ4v) is 4.13. The minimum Gasteiger partial charge on any atom is -0.360 e. The quantitative estimate of drug-likeness (QED) is 0.750. The SMILES string of the molecule is O=C(Cc1cc(F)c(F)c(F)c1)N1CCc2noc(C3CCCCC3)c2C1. The Labute approximate surface area is 155 Å². The molecule has 1 aromatic carbocycles. The van der Waals surface area contributed by atoms with Crippen molar-refractivity contribution >= 4 is 5.91 Å². The third-order valence-corrected chi connectivity index (χ3v) is 5.60. The number of benzene rings is 1. The molecule has 1 aliphatic carbocycles. The second-order valence-corrected chi connectivity index (χ2v) is 7.42. The average Bonchev–Trinajstić information content (AvgIpc) is 3.10. The number of aromatic nitrogens is 1. The molecule has 1 aromatic heterocycles. The van der Waals surface area contributed by atoms with Crippen LogP contribution < -0.4 is 0 Å². The maximum absolute atomic E-state index is 13.4. The Hall–Kier alpha value is -2.31. The lowest BCUT2D eigenvalue weighted by Gasteiger charge is -2.28. The zero-order chi connectivity index (χ0) is 19.0. The maximum Gasteiger partial charge on any atom is 0.227 e. The number of halogens is 3. The summed E-state index contributed by atoms with van der Waals surface area (Å²) < 4.78 is 45.5. The van der Waals surface area contributed by atoms with Gasteiger partial charge in [0.25, 0.3) is 0 Å². The molecule has 4 rings (SSSR count). The van der Waals surface area contributed by atoms with Gasteiger partial charge < -0.3 is 9.42 Å². The molecule has 0 atom stereocenters. The Morgan fingerprint density at radius 3 is 2.56 bits per heavy atom. The highest BCUT2D eigenvalue weighted by Crippen LogP contribution is 2.37. The first kappa shape index (κ1) is 18.1. The predicted octanol–water partition coefficient (Wildman–Crippen LogP) is 4.27. The second-order valence-electron chi connectivity index (χ2n) is 7.42. The zero-order valence-electron chi connectivity index (χ0n) is 14.9. The van der Waals surface area contributed by atoms with Gasteiger partial charge in [-0.3, -0.25) is 4.79 Å². The first-order chi connectivity index (χ1) is 13.0. The highest BCUT2D eigenvalue weighted by Gasteiger charge is 2.31. The van der Waals surface area contributed by atoms with E-state index in [1.165, 1.54) is 19.3 Å². The van der Waals surface area contributed by atoms with Gasteiger partial charge in [0.05, 0.1) is 18.7 Å². The van der Waals surface area contributed by atoms with Crippen LogP contribution in [-0.4, -0.2) is 22.5 Å². The molecule has 27 heavy (non-hydrogen) atoms. The van der Waals surface area contributed by atoms with Crippen molar-refractivity contribution in [1.29, 1.82) is 0 Å². The van der Waals surface area contributed by atoms with E-state index in [4.69, 9.17) is 4.52 Å². The van der Waals surface area contributed by atoms with Crippen molar-refractivity contribution in [3.8, 4) is 0 Å². The van der Waals surface area contributed by atoms with Crippen molar-refractivity contribution in [1.82, 2.24) is 10.1 Å². The van der Waals surface area contributed by atoms with Crippen molar-refractivity contribution in [3.63, 3.8) is 0 Å². The number of carbonyl (C=O) groups excluding carboxylic acids is 1. The van der Waals surface area contributed by atoms with Gasteiger partial charge in [0, 0.05) is 24.4 Å². The van der Waals surface area contributed by atoms with Crippen LogP contribution in [-0.2, 0) is 24.2 Å². The highest BCUT2D eigenvalue weighted by molar-refractivity contribution is 5.79. The van der Waals surface area contributed by atoms with Crippen LogP contribution >= 0.6 is 0 Å². The summed E-state index contributed by atoms with van der Waals surface area (Å²) in [5.74, 6) is -3.08. The number of rotatable bonds is 3. The van der Waals surface area contributed by atoms with Gasteiger partial charge in [-0.25, -0.2) is 13.2 Å². The fourth-order valence-electron chi connectivity index (χ4n) is 4.13. The molecule has 1 amide bonds. The van der Waals surface area contributed by atoms with Gasteiger partial charge in [0.15, 0.2) is 17.5 Å². The summed E-state index contributed by atoms with van der Waals surface area (Å²) in [4.78, 5) is 14.3. The number of hydrogen-bond acceptors (Lipinski definition) is 3. The summed E-state index contributed by atoms with van der Waals surface area (Å²) in [6.07, 6.45) is 6.15. The van der Waals surface area contributed by atoms with E-state index >= 15 is 0 Å². The van der Waals surface area contributed by atoms with Crippen molar-refractivity contribution in [3.05, 3.63) is 52.2 Å². The largest absolute Gasteiger partial charge is 0.360 e. The number of carbonyl (C=O) groups is 1. The molecular formula is C20H21F3N2O2. The van der Waals surface area contributed by atoms with Crippen LogP contribution in [0.1, 0.15) is 60.6 Å². The van der Waals surface area contributed by atoms with E-state index < -0.39 is 17.5 Å². The molecule has 0 unspecified atom stereocenters. The molecule has 7 heteroatoms. The van der Waals surface area contributed by atoms with E-state index in [1.807, 2.05) is 0 Å². The Bertz CT molecular complexity index is 836. The summed E-state index contributed by atoms with van der Waals surface area (Å²) in [5.41, 5.74) is 2.01. The van der Waals surface area contributed by atoms with Crippen molar-refractivity contribution in [2.24, 2.45) is 0 Å². The number of fused-ring (bicyclic) bond motifs is 1. The third kappa shape index (κ3) is 3.59. The lowest BCUT2D eigenvalue weighted by Crippen LogP contribution is -2.37. The average molecular weight is 378 g/mol. The third-order valence-electron chi connectivity index (χ3n) is 5.60. The minimum absolute atomic E-state index is 0.125. The first-order valence-corrected chi connectivity index (χ1v) is 9.41. The van der Waals surface area contributed by atoms with E-state index in [-0.39, 0.29) is 17.9 Å². The maximum atomic E-state index is 13.4. The monoisotopic (exact) mass is 378 g/mol. The Balaban J connectivity index is 1.49. The molecule has 2 aliphatic rings.